The van der Waals surface area contributed by atoms with Gasteiger partial charge in [-0.05, 0) is 54.0 Å². The quantitative estimate of drug-likeness (QED) is 0.336. The van der Waals surface area contributed by atoms with Gasteiger partial charge in [0.2, 0.25) is 5.91 Å². The van der Waals surface area contributed by atoms with Gasteiger partial charge in [0.15, 0.2) is 5.76 Å². The third kappa shape index (κ3) is 4.41. The lowest BCUT2D eigenvalue weighted by Gasteiger charge is -2.41. The molecule has 4 aromatic rings. The van der Waals surface area contributed by atoms with Crippen molar-refractivity contribution >= 4 is 17.7 Å². The van der Waals surface area contributed by atoms with E-state index in [9.17, 15) is 14.4 Å². The highest BCUT2D eigenvalue weighted by atomic mass is 16.5. The maximum Gasteiger partial charge on any atom is 0.262 e. The summed E-state index contributed by atoms with van der Waals surface area (Å²) in [6.45, 7) is -0.149. The highest BCUT2D eigenvalue weighted by Crippen LogP contribution is 2.41. The van der Waals surface area contributed by atoms with Crippen LogP contribution < -0.4 is 0 Å². The first-order valence-electron chi connectivity index (χ1n) is 12.9. The van der Waals surface area contributed by atoms with E-state index in [1.807, 2.05) is 30.3 Å². The number of hydrogen-bond acceptors (Lipinski definition) is 5. The van der Waals surface area contributed by atoms with Gasteiger partial charge in [-0.3, -0.25) is 19.3 Å². The fraction of sp³-hybridized carbons (Fsp3) is 0.226. The van der Waals surface area contributed by atoms with Crippen molar-refractivity contribution in [2.45, 2.75) is 31.8 Å². The largest absolute Gasteiger partial charge is 0.360 e. The van der Waals surface area contributed by atoms with Crippen molar-refractivity contribution in [2.75, 3.05) is 6.54 Å². The second-order valence-electron chi connectivity index (χ2n) is 9.87. The lowest BCUT2D eigenvalue weighted by Crippen LogP contribution is -2.46. The molecule has 6 rings (SSSR count). The molecule has 0 radical (unpaired) electrons. The van der Waals surface area contributed by atoms with Gasteiger partial charge in [-0.2, -0.15) is 0 Å². The monoisotopic (exact) mass is 505 g/mol. The normalized spacial score (nSPS) is 18.3. The number of carbonyl (C=O) groups excluding carboxylic acids is 3. The molecule has 7 heteroatoms. The molecule has 0 bridgehead atoms. The molecule has 3 amide bonds. The Balaban J connectivity index is 1.37. The van der Waals surface area contributed by atoms with Gasteiger partial charge in [0.05, 0.1) is 29.9 Å². The number of imide groups is 1. The van der Waals surface area contributed by atoms with Gasteiger partial charge >= 0.3 is 0 Å². The van der Waals surface area contributed by atoms with Crippen LogP contribution in [0, 0.1) is 5.92 Å². The Bertz CT molecular complexity index is 1450. The molecule has 0 unspecified atom stereocenters. The molecule has 0 spiro atoms. The fourth-order valence-electron chi connectivity index (χ4n) is 5.80. The lowest BCUT2D eigenvalue weighted by molar-refractivity contribution is -0.136. The van der Waals surface area contributed by atoms with Crippen molar-refractivity contribution in [1.29, 1.82) is 0 Å². The van der Waals surface area contributed by atoms with Crippen LogP contribution in [0.1, 0.15) is 55.6 Å². The minimum absolute atomic E-state index is 0.140. The van der Waals surface area contributed by atoms with Gasteiger partial charge in [-0.1, -0.05) is 71.9 Å². The summed E-state index contributed by atoms with van der Waals surface area (Å²) in [6.07, 6.45) is 4.18. The third-order valence-corrected chi connectivity index (χ3v) is 7.59. The second kappa shape index (κ2) is 10.1. The molecule has 3 aromatic carbocycles. The van der Waals surface area contributed by atoms with E-state index >= 15 is 0 Å². The first-order valence-corrected chi connectivity index (χ1v) is 12.9. The molecule has 7 nitrogen and oxygen atoms in total. The van der Waals surface area contributed by atoms with Crippen molar-refractivity contribution in [1.82, 2.24) is 15.0 Å². The zero-order chi connectivity index (χ0) is 26.1. The Morgan fingerprint density at radius 3 is 2.29 bits per heavy atom. The molecule has 1 aromatic heterocycles. The number of rotatable bonds is 7. The number of fused-ring (bicyclic) bond motifs is 2. The third-order valence-electron chi connectivity index (χ3n) is 7.59. The van der Waals surface area contributed by atoms with Gasteiger partial charge in [-0.15, -0.1) is 0 Å². The average Bonchev–Trinajstić information content (AvgIpc) is 3.55. The highest BCUT2D eigenvalue weighted by Gasteiger charge is 2.41. The summed E-state index contributed by atoms with van der Waals surface area (Å²) >= 11 is 0. The number of aromatic nitrogens is 1. The van der Waals surface area contributed by atoms with E-state index in [2.05, 4.69) is 29.4 Å². The molecule has 190 valence electrons. The summed E-state index contributed by atoms with van der Waals surface area (Å²) in [5, 5.41) is 3.83. The maximum atomic E-state index is 14.1. The van der Waals surface area contributed by atoms with E-state index in [1.54, 1.807) is 41.4 Å². The predicted octanol–water partition coefficient (Wildman–Crippen LogP) is 4.85. The molecule has 2 aliphatic rings. The maximum absolute atomic E-state index is 14.1. The SMILES string of the molecule is O=C1c2ccccc2C(=O)N1CC(=O)N(Cc1ccno1)[C@@H]1c2ccccc2CC[C@H]1Cc1ccccc1. The van der Waals surface area contributed by atoms with E-state index in [-0.39, 0.29) is 31.0 Å². The zero-order valence-corrected chi connectivity index (χ0v) is 20.8. The van der Waals surface area contributed by atoms with Crippen molar-refractivity contribution in [3.05, 3.63) is 125 Å². The summed E-state index contributed by atoms with van der Waals surface area (Å²) in [5.41, 5.74) is 4.16. The Morgan fingerprint density at radius 2 is 1.58 bits per heavy atom. The molecule has 0 saturated carbocycles. The van der Waals surface area contributed by atoms with Crippen molar-refractivity contribution in [2.24, 2.45) is 5.92 Å². The Kier molecular flexibility index (Phi) is 6.33. The number of hydrogen-bond donors (Lipinski definition) is 0. The second-order valence-corrected chi connectivity index (χ2v) is 9.87. The van der Waals surface area contributed by atoms with Crippen LogP contribution in [-0.4, -0.2) is 39.2 Å². The van der Waals surface area contributed by atoms with Crippen LogP contribution in [0.4, 0.5) is 0 Å². The van der Waals surface area contributed by atoms with Crippen LogP contribution >= 0.6 is 0 Å². The number of aryl methyl sites for hydroxylation is 1. The number of carbonyl (C=O) groups is 3. The molecule has 2 atom stereocenters. The van der Waals surface area contributed by atoms with Gasteiger partial charge in [-0.25, -0.2) is 0 Å². The first-order chi connectivity index (χ1) is 18.6. The van der Waals surface area contributed by atoms with E-state index in [0.29, 0.717) is 16.9 Å². The van der Waals surface area contributed by atoms with Crippen LogP contribution in [-0.2, 0) is 24.2 Å². The van der Waals surface area contributed by atoms with Crippen LogP contribution in [0.15, 0.2) is 95.6 Å². The van der Waals surface area contributed by atoms with E-state index in [1.165, 1.54) is 11.1 Å². The molecular weight excluding hydrogens is 478 g/mol. The average molecular weight is 506 g/mol. The van der Waals surface area contributed by atoms with Gasteiger partial charge in [0.1, 0.15) is 6.54 Å². The molecule has 2 heterocycles. The van der Waals surface area contributed by atoms with Gasteiger partial charge < -0.3 is 9.42 Å². The summed E-state index contributed by atoms with van der Waals surface area (Å²) in [5.74, 6) is -0.508. The van der Waals surface area contributed by atoms with Crippen LogP contribution in [0.5, 0.6) is 0 Å². The molecule has 38 heavy (non-hydrogen) atoms. The Morgan fingerprint density at radius 1 is 0.895 bits per heavy atom. The zero-order valence-electron chi connectivity index (χ0n) is 20.8. The molecule has 0 saturated heterocycles. The van der Waals surface area contributed by atoms with E-state index in [4.69, 9.17) is 4.52 Å². The first kappa shape index (κ1) is 23.9. The standard InChI is InChI=1S/C31H27N3O4/c35-28(20-34-30(36)26-12-6-7-13-27(26)31(34)37)33(19-24-16-17-32-38-24)29-23(18-21-8-2-1-3-9-21)15-14-22-10-4-5-11-25(22)29/h1-13,16-17,23,29H,14-15,18-20H2/t23-,29-/m0/s1. The summed E-state index contributed by atoms with van der Waals surface area (Å²) < 4.78 is 5.42. The number of amides is 3. The lowest BCUT2D eigenvalue weighted by atomic mass is 9.76. The van der Waals surface area contributed by atoms with Crippen molar-refractivity contribution < 1.29 is 18.9 Å². The van der Waals surface area contributed by atoms with Crippen molar-refractivity contribution in [3.63, 3.8) is 0 Å². The van der Waals surface area contributed by atoms with E-state index < -0.39 is 11.8 Å². The molecule has 1 aliphatic carbocycles. The fourth-order valence-corrected chi connectivity index (χ4v) is 5.80. The molecule has 0 fully saturated rings. The molecule has 0 N–H and O–H groups in total. The number of benzene rings is 3. The minimum atomic E-state index is -0.441. The summed E-state index contributed by atoms with van der Waals surface area (Å²) in [4.78, 5) is 43.1. The van der Waals surface area contributed by atoms with E-state index in [0.717, 1.165) is 29.7 Å². The van der Waals surface area contributed by atoms with Crippen molar-refractivity contribution in [3.8, 4) is 0 Å². The summed E-state index contributed by atoms with van der Waals surface area (Å²) in [6, 6.07) is 26.7. The van der Waals surface area contributed by atoms with Crippen LogP contribution in [0.2, 0.25) is 0 Å². The Labute approximate surface area is 220 Å². The summed E-state index contributed by atoms with van der Waals surface area (Å²) in [7, 11) is 0. The smallest absolute Gasteiger partial charge is 0.262 e. The topological polar surface area (TPSA) is 83.7 Å². The molecule has 1 aliphatic heterocycles. The number of nitrogens with zero attached hydrogens (tertiary/aromatic N) is 3. The predicted molar refractivity (Wildman–Crippen MR) is 140 cm³/mol. The van der Waals surface area contributed by atoms with Gasteiger partial charge in [0, 0.05) is 6.07 Å². The highest BCUT2D eigenvalue weighted by molar-refractivity contribution is 6.22. The molecular formula is C31H27N3O4. The Hall–Kier alpha value is -4.52. The van der Waals surface area contributed by atoms with Crippen LogP contribution in [0.3, 0.4) is 0 Å². The van der Waals surface area contributed by atoms with Gasteiger partial charge in [0.25, 0.3) is 11.8 Å². The minimum Gasteiger partial charge on any atom is -0.360 e. The van der Waals surface area contributed by atoms with Crippen LogP contribution in [0.25, 0.3) is 0 Å².